The highest BCUT2D eigenvalue weighted by Gasteiger charge is 2.22. The van der Waals surface area contributed by atoms with E-state index in [9.17, 15) is 9.59 Å². The first-order valence-electron chi connectivity index (χ1n) is 10.4. The average Bonchev–Trinajstić information content (AvgIpc) is 2.70. The van der Waals surface area contributed by atoms with Gasteiger partial charge in [-0.25, -0.2) is 4.79 Å². The van der Waals surface area contributed by atoms with Gasteiger partial charge in [-0.1, -0.05) is 6.07 Å². The van der Waals surface area contributed by atoms with Crippen LogP contribution in [-0.4, -0.2) is 62.9 Å². The molecule has 0 unspecified atom stereocenters. The summed E-state index contributed by atoms with van der Waals surface area (Å²) < 4.78 is 15.8. The lowest BCUT2D eigenvalue weighted by atomic mass is 9.97. The van der Waals surface area contributed by atoms with Crippen LogP contribution < -0.4 is 20.1 Å². The fourth-order valence-corrected chi connectivity index (χ4v) is 3.34. The number of benzene rings is 1. The van der Waals surface area contributed by atoms with Gasteiger partial charge >= 0.3 is 6.09 Å². The Kier molecular flexibility index (Phi) is 8.77. The minimum absolute atomic E-state index is 0.00452. The number of likely N-dealkylation sites (tertiary alicyclic amines) is 1. The number of amides is 2. The van der Waals surface area contributed by atoms with E-state index in [4.69, 9.17) is 14.2 Å². The van der Waals surface area contributed by atoms with Crippen LogP contribution in [-0.2, 0) is 16.1 Å². The first-order chi connectivity index (χ1) is 14.2. The van der Waals surface area contributed by atoms with Crippen molar-refractivity contribution in [2.24, 2.45) is 5.92 Å². The van der Waals surface area contributed by atoms with Crippen molar-refractivity contribution < 1.29 is 23.8 Å². The molecule has 0 atom stereocenters. The summed E-state index contributed by atoms with van der Waals surface area (Å²) in [7, 11) is 3.18. The van der Waals surface area contributed by atoms with Crippen molar-refractivity contribution in [3.05, 3.63) is 23.8 Å². The summed E-state index contributed by atoms with van der Waals surface area (Å²) in [6.07, 6.45) is 1.51. The van der Waals surface area contributed by atoms with Gasteiger partial charge in [0.05, 0.1) is 20.8 Å². The van der Waals surface area contributed by atoms with Gasteiger partial charge in [-0.15, -0.1) is 0 Å². The van der Waals surface area contributed by atoms with Gasteiger partial charge in [0, 0.05) is 13.1 Å². The number of hydrogen-bond acceptors (Lipinski definition) is 6. The molecule has 2 N–H and O–H groups in total. The quantitative estimate of drug-likeness (QED) is 0.671. The molecule has 1 aliphatic heterocycles. The summed E-state index contributed by atoms with van der Waals surface area (Å²) in [5.41, 5.74) is 0.463. The Hall–Kier alpha value is -2.48. The van der Waals surface area contributed by atoms with Crippen molar-refractivity contribution in [3.63, 3.8) is 0 Å². The highest BCUT2D eigenvalue weighted by molar-refractivity contribution is 5.78. The van der Waals surface area contributed by atoms with Crippen molar-refractivity contribution in [1.29, 1.82) is 0 Å². The van der Waals surface area contributed by atoms with Crippen molar-refractivity contribution in [2.75, 3.05) is 40.4 Å². The normalized spacial score (nSPS) is 15.4. The largest absolute Gasteiger partial charge is 0.493 e. The molecule has 8 heteroatoms. The highest BCUT2D eigenvalue weighted by Crippen LogP contribution is 2.27. The molecule has 0 aromatic heterocycles. The first-order valence-corrected chi connectivity index (χ1v) is 10.4. The van der Waals surface area contributed by atoms with Gasteiger partial charge in [0.15, 0.2) is 11.5 Å². The molecule has 8 nitrogen and oxygen atoms in total. The molecular formula is C22H35N3O5. The number of alkyl carbamates (subject to hydrolysis) is 1. The van der Waals surface area contributed by atoms with Crippen molar-refractivity contribution in [1.82, 2.24) is 15.5 Å². The average molecular weight is 422 g/mol. The van der Waals surface area contributed by atoms with Crippen LogP contribution in [0.25, 0.3) is 0 Å². The maximum atomic E-state index is 12.3. The first kappa shape index (κ1) is 23.8. The molecule has 0 spiro atoms. The number of nitrogens with one attached hydrogen (secondary N) is 2. The van der Waals surface area contributed by atoms with E-state index < -0.39 is 5.60 Å². The molecule has 1 aromatic carbocycles. The monoisotopic (exact) mass is 421 g/mol. The molecule has 1 fully saturated rings. The molecule has 1 saturated heterocycles. The smallest absolute Gasteiger partial charge is 0.407 e. The summed E-state index contributed by atoms with van der Waals surface area (Å²) in [4.78, 5) is 26.2. The third kappa shape index (κ3) is 8.10. The Labute approximate surface area is 179 Å². The standard InChI is InChI=1S/C22H35N3O5/c1-22(2,3)30-21(27)24-13-16-8-10-25(11-9-16)15-20(26)23-14-17-6-7-18(28-4)19(12-17)29-5/h6-7,12,16H,8-11,13-15H2,1-5H3,(H,23,26)(H,24,27). The van der Waals surface area contributed by atoms with E-state index in [1.54, 1.807) is 14.2 Å². The number of carbonyl (C=O) groups is 2. The molecule has 30 heavy (non-hydrogen) atoms. The zero-order valence-corrected chi connectivity index (χ0v) is 18.7. The van der Waals surface area contributed by atoms with E-state index in [0.717, 1.165) is 31.5 Å². The Bertz CT molecular complexity index is 709. The molecule has 0 bridgehead atoms. The summed E-state index contributed by atoms with van der Waals surface area (Å²) in [5.74, 6) is 1.71. The van der Waals surface area contributed by atoms with Gasteiger partial charge in [-0.05, 0) is 70.3 Å². The topological polar surface area (TPSA) is 89.1 Å². The van der Waals surface area contributed by atoms with Gasteiger partial charge in [0.1, 0.15) is 5.60 Å². The van der Waals surface area contributed by atoms with Crippen molar-refractivity contribution >= 4 is 12.0 Å². The van der Waals surface area contributed by atoms with E-state index in [-0.39, 0.29) is 12.0 Å². The molecule has 2 rings (SSSR count). The zero-order chi connectivity index (χ0) is 22.1. The summed E-state index contributed by atoms with van der Waals surface area (Å²) in [6.45, 7) is 8.64. The van der Waals surface area contributed by atoms with Gasteiger partial charge in [0.2, 0.25) is 5.91 Å². The highest BCUT2D eigenvalue weighted by atomic mass is 16.6. The number of methoxy groups -OCH3 is 2. The second-order valence-corrected chi connectivity index (χ2v) is 8.57. The van der Waals surface area contributed by atoms with Crippen LogP contribution in [0.15, 0.2) is 18.2 Å². The third-order valence-electron chi connectivity index (χ3n) is 4.95. The second kappa shape index (κ2) is 11.1. The van der Waals surface area contributed by atoms with Gasteiger partial charge < -0.3 is 24.8 Å². The van der Waals surface area contributed by atoms with Crippen LogP contribution >= 0.6 is 0 Å². The Morgan fingerprint density at radius 3 is 2.33 bits per heavy atom. The lowest BCUT2D eigenvalue weighted by molar-refractivity contribution is -0.122. The Morgan fingerprint density at radius 2 is 1.73 bits per heavy atom. The lowest BCUT2D eigenvalue weighted by Gasteiger charge is -2.31. The van der Waals surface area contributed by atoms with E-state index in [0.29, 0.717) is 37.1 Å². The zero-order valence-electron chi connectivity index (χ0n) is 18.7. The van der Waals surface area contributed by atoms with Crippen LogP contribution in [0, 0.1) is 5.92 Å². The fourth-order valence-electron chi connectivity index (χ4n) is 3.34. The SMILES string of the molecule is COc1ccc(CNC(=O)CN2CCC(CNC(=O)OC(C)(C)C)CC2)cc1OC. The lowest BCUT2D eigenvalue weighted by Crippen LogP contribution is -2.43. The van der Waals surface area contributed by atoms with E-state index in [1.165, 1.54) is 0 Å². The maximum absolute atomic E-state index is 12.3. The van der Waals surface area contributed by atoms with E-state index in [1.807, 2.05) is 39.0 Å². The van der Waals surface area contributed by atoms with Gasteiger partial charge in [-0.2, -0.15) is 0 Å². The summed E-state index contributed by atoms with van der Waals surface area (Å²) in [6, 6.07) is 5.60. The predicted octanol–water partition coefficient (Wildman–Crippen LogP) is 2.56. The fraction of sp³-hybridized carbons (Fsp3) is 0.636. The second-order valence-electron chi connectivity index (χ2n) is 8.57. The molecule has 1 aliphatic rings. The molecule has 0 saturated carbocycles. The molecule has 1 heterocycles. The number of ether oxygens (including phenoxy) is 3. The van der Waals surface area contributed by atoms with E-state index in [2.05, 4.69) is 15.5 Å². The van der Waals surface area contributed by atoms with Crippen LogP contribution in [0.5, 0.6) is 11.5 Å². The molecule has 1 aromatic rings. The number of rotatable bonds is 8. The minimum Gasteiger partial charge on any atom is -0.493 e. The van der Waals surface area contributed by atoms with Crippen LogP contribution in [0.3, 0.4) is 0 Å². The number of nitrogens with zero attached hydrogens (tertiary/aromatic N) is 1. The summed E-state index contributed by atoms with van der Waals surface area (Å²) >= 11 is 0. The molecule has 168 valence electrons. The number of piperidine rings is 1. The molecule has 0 radical (unpaired) electrons. The predicted molar refractivity (Wildman–Crippen MR) is 115 cm³/mol. The maximum Gasteiger partial charge on any atom is 0.407 e. The van der Waals surface area contributed by atoms with Crippen LogP contribution in [0.4, 0.5) is 4.79 Å². The Balaban J connectivity index is 1.67. The third-order valence-corrected chi connectivity index (χ3v) is 4.95. The summed E-state index contributed by atoms with van der Waals surface area (Å²) in [5, 5.41) is 5.80. The van der Waals surface area contributed by atoms with Crippen molar-refractivity contribution in [3.8, 4) is 11.5 Å². The number of hydrogen-bond donors (Lipinski definition) is 2. The van der Waals surface area contributed by atoms with E-state index >= 15 is 0 Å². The van der Waals surface area contributed by atoms with Crippen molar-refractivity contribution in [2.45, 2.75) is 45.8 Å². The van der Waals surface area contributed by atoms with Gasteiger partial charge in [-0.3, -0.25) is 9.69 Å². The van der Waals surface area contributed by atoms with Crippen LogP contribution in [0.2, 0.25) is 0 Å². The van der Waals surface area contributed by atoms with Gasteiger partial charge in [0.25, 0.3) is 0 Å². The molecular weight excluding hydrogens is 386 g/mol. The Morgan fingerprint density at radius 1 is 1.07 bits per heavy atom. The number of carbonyl (C=O) groups excluding carboxylic acids is 2. The molecule has 0 aliphatic carbocycles. The van der Waals surface area contributed by atoms with Crippen LogP contribution in [0.1, 0.15) is 39.2 Å². The molecule has 2 amide bonds. The minimum atomic E-state index is -0.488.